The second kappa shape index (κ2) is 16.2. The van der Waals surface area contributed by atoms with E-state index in [1.54, 1.807) is 0 Å². The molecule has 4 heteroatoms. The summed E-state index contributed by atoms with van der Waals surface area (Å²) >= 11 is 0. The van der Waals surface area contributed by atoms with Crippen molar-refractivity contribution in [3.63, 3.8) is 0 Å². The van der Waals surface area contributed by atoms with Gasteiger partial charge in [0.15, 0.2) is 0 Å². The van der Waals surface area contributed by atoms with Crippen molar-refractivity contribution in [3.8, 4) is 0 Å². The van der Waals surface area contributed by atoms with Gasteiger partial charge in [-0.1, -0.05) is 43.4 Å². The van der Waals surface area contributed by atoms with Crippen LogP contribution in [0.25, 0.3) is 0 Å². The highest BCUT2D eigenvalue weighted by Gasteiger charge is 2.02. The highest BCUT2D eigenvalue weighted by Crippen LogP contribution is 2.04. The third kappa shape index (κ3) is 16.7. The predicted molar refractivity (Wildman–Crippen MR) is 97.9 cm³/mol. The van der Waals surface area contributed by atoms with Crippen molar-refractivity contribution in [1.29, 1.82) is 0 Å². The van der Waals surface area contributed by atoms with Crippen molar-refractivity contribution in [2.24, 2.45) is 0 Å². The number of rotatable bonds is 15. The first-order valence-corrected chi connectivity index (χ1v) is 8.92. The number of carbonyl (C=O) groups excluding carboxylic acids is 1. The SMILES string of the molecule is CCC(O)CC/C=C\C/C=C\C/C=C\CCC(=O)CCCC(=O)O. The number of carbonyl (C=O) groups is 2. The van der Waals surface area contributed by atoms with Gasteiger partial charge in [0.25, 0.3) is 0 Å². The number of aliphatic hydroxyl groups excluding tert-OH is 1. The van der Waals surface area contributed by atoms with Gasteiger partial charge in [0, 0.05) is 19.3 Å². The van der Waals surface area contributed by atoms with Crippen LogP contribution in [0.4, 0.5) is 0 Å². The Labute approximate surface area is 146 Å². The van der Waals surface area contributed by atoms with E-state index >= 15 is 0 Å². The standard InChI is InChI=1S/C20H32O4/c1-2-18(21)14-11-9-7-5-3-4-6-8-10-12-15-19(22)16-13-17-20(23)24/h3-4,7-10,18,21H,2,5-6,11-17H2,1H3,(H,23,24)/b4-3-,9-7-,10-8-. The van der Waals surface area contributed by atoms with Crippen LogP contribution >= 0.6 is 0 Å². The Kier molecular flexibility index (Phi) is 15.1. The third-order valence-corrected chi connectivity index (χ3v) is 3.62. The van der Waals surface area contributed by atoms with Crippen LogP contribution in [0.1, 0.15) is 71.1 Å². The molecule has 0 aromatic carbocycles. The fraction of sp³-hybridized carbons (Fsp3) is 0.600. The van der Waals surface area contributed by atoms with Crippen LogP contribution < -0.4 is 0 Å². The number of allylic oxidation sites excluding steroid dienone is 6. The first kappa shape index (κ1) is 22.3. The molecule has 0 rings (SSSR count). The summed E-state index contributed by atoms with van der Waals surface area (Å²) in [6.07, 6.45) is 18.7. The van der Waals surface area contributed by atoms with Crippen LogP contribution in [0.2, 0.25) is 0 Å². The summed E-state index contributed by atoms with van der Waals surface area (Å²) in [4.78, 5) is 21.8. The van der Waals surface area contributed by atoms with Gasteiger partial charge in [-0.15, -0.1) is 0 Å². The molecule has 0 aromatic heterocycles. The first-order valence-electron chi connectivity index (χ1n) is 8.92. The average molecular weight is 336 g/mol. The van der Waals surface area contributed by atoms with E-state index in [2.05, 4.69) is 24.3 Å². The predicted octanol–water partition coefficient (Wildman–Crippen LogP) is 4.59. The lowest BCUT2D eigenvalue weighted by Crippen LogP contribution is -2.02. The minimum Gasteiger partial charge on any atom is -0.481 e. The number of Topliss-reactive ketones (excluding diaryl/α,β-unsaturated/α-hetero) is 1. The number of hydrogen-bond acceptors (Lipinski definition) is 3. The van der Waals surface area contributed by atoms with Gasteiger partial charge in [0.1, 0.15) is 5.78 Å². The molecule has 4 nitrogen and oxygen atoms in total. The van der Waals surface area contributed by atoms with Gasteiger partial charge in [0.05, 0.1) is 6.10 Å². The van der Waals surface area contributed by atoms with E-state index < -0.39 is 5.97 Å². The number of hydrogen-bond donors (Lipinski definition) is 2. The molecule has 0 aliphatic heterocycles. The van der Waals surface area contributed by atoms with E-state index in [-0.39, 0.29) is 18.3 Å². The summed E-state index contributed by atoms with van der Waals surface area (Å²) < 4.78 is 0. The summed E-state index contributed by atoms with van der Waals surface area (Å²) in [5, 5.41) is 17.9. The topological polar surface area (TPSA) is 74.6 Å². The van der Waals surface area contributed by atoms with Crippen LogP contribution in [0, 0.1) is 0 Å². The van der Waals surface area contributed by atoms with Gasteiger partial charge in [0.2, 0.25) is 0 Å². The normalized spacial score (nSPS) is 13.2. The Bertz CT molecular complexity index is 421. The van der Waals surface area contributed by atoms with Gasteiger partial charge in [-0.25, -0.2) is 0 Å². The lowest BCUT2D eigenvalue weighted by molar-refractivity contribution is -0.137. The summed E-state index contributed by atoms with van der Waals surface area (Å²) in [5.41, 5.74) is 0. The van der Waals surface area contributed by atoms with E-state index in [1.807, 2.05) is 19.1 Å². The smallest absolute Gasteiger partial charge is 0.303 e. The molecule has 0 amide bonds. The third-order valence-electron chi connectivity index (χ3n) is 3.62. The fourth-order valence-electron chi connectivity index (χ4n) is 2.08. The van der Waals surface area contributed by atoms with Crippen molar-refractivity contribution < 1.29 is 19.8 Å². The van der Waals surface area contributed by atoms with Crippen molar-refractivity contribution >= 4 is 11.8 Å². The summed E-state index contributed by atoms with van der Waals surface area (Å²) in [6.45, 7) is 1.99. The van der Waals surface area contributed by atoms with E-state index in [4.69, 9.17) is 5.11 Å². The molecule has 0 radical (unpaired) electrons. The monoisotopic (exact) mass is 336 g/mol. The van der Waals surface area contributed by atoms with E-state index in [1.165, 1.54) is 0 Å². The van der Waals surface area contributed by atoms with Crippen LogP contribution in [0.3, 0.4) is 0 Å². The number of aliphatic carboxylic acids is 1. The van der Waals surface area contributed by atoms with Crippen molar-refractivity contribution in [1.82, 2.24) is 0 Å². The summed E-state index contributed by atoms with van der Waals surface area (Å²) in [7, 11) is 0. The van der Waals surface area contributed by atoms with Crippen LogP contribution in [0.15, 0.2) is 36.5 Å². The lowest BCUT2D eigenvalue weighted by Gasteiger charge is -2.03. The molecular weight excluding hydrogens is 304 g/mol. The lowest BCUT2D eigenvalue weighted by atomic mass is 10.1. The number of aliphatic hydroxyl groups is 1. The molecule has 136 valence electrons. The number of carboxylic acids is 1. The van der Waals surface area contributed by atoms with E-state index in [0.29, 0.717) is 19.3 Å². The zero-order valence-corrected chi connectivity index (χ0v) is 14.8. The molecule has 0 saturated heterocycles. The van der Waals surface area contributed by atoms with Gasteiger partial charge < -0.3 is 10.2 Å². The highest BCUT2D eigenvalue weighted by molar-refractivity contribution is 5.79. The Hall–Kier alpha value is -1.68. The Morgan fingerprint density at radius 1 is 0.875 bits per heavy atom. The zero-order valence-electron chi connectivity index (χ0n) is 14.8. The highest BCUT2D eigenvalue weighted by atomic mass is 16.4. The molecule has 1 unspecified atom stereocenters. The molecule has 2 N–H and O–H groups in total. The maximum Gasteiger partial charge on any atom is 0.303 e. The average Bonchev–Trinajstić information content (AvgIpc) is 2.55. The number of carboxylic acid groups (broad SMARTS) is 1. The summed E-state index contributed by atoms with van der Waals surface area (Å²) in [5.74, 6) is -0.711. The molecule has 0 fully saturated rings. The van der Waals surface area contributed by atoms with Gasteiger partial charge >= 0.3 is 5.97 Å². The fourth-order valence-corrected chi connectivity index (χ4v) is 2.08. The van der Waals surface area contributed by atoms with Gasteiger partial charge in [-0.3, -0.25) is 9.59 Å². The van der Waals surface area contributed by atoms with E-state index in [9.17, 15) is 14.7 Å². The second-order valence-corrected chi connectivity index (χ2v) is 5.85. The molecule has 0 saturated carbocycles. The first-order chi connectivity index (χ1) is 11.6. The second-order valence-electron chi connectivity index (χ2n) is 5.85. The van der Waals surface area contributed by atoms with Crippen LogP contribution in [0.5, 0.6) is 0 Å². The maximum atomic E-state index is 11.5. The maximum absolute atomic E-state index is 11.5. The number of ketones is 1. The zero-order chi connectivity index (χ0) is 18.0. The largest absolute Gasteiger partial charge is 0.481 e. The van der Waals surface area contributed by atoms with Crippen molar-refractivity contribution in [2.75, 3.05) is 0 Å². The van der Waals surface area contributed by atoms with Gasteiger partial charge in [-0.2, -0.15) is 0 Å². The van der Waals surface area contributed by atoms with Crippen molar-refractivity contribution in [3.05, 3.63) is 36.5 Å². The van der Waals surface area contributed by atoms with Crippen molar-refractivity contribution in [2.45, 2.75) is 77.2 Å². The molecule has 0 aromatic rings. The molecule has 0 heterocycles. The Balaban J connectivity index is 3.52. The van der Waals surface area contributed by atoms with Crippen LogP contribution in [-0.4, -0.2) is 28.1 Å². The van der Waals surface area contributed by atoms with E-state index in [0.717, 1.165) is 38.5 Å². The molecule has 0 aliphatic rings. The minimum absolute atomic E-state index is 0.0694. The molecule has 0 aliphatic carbocycles. The van der Waals surface area contributed by atoms with Gasteiger partial charge in [-0.05, 0) is 44.9 Å². The molecule has 0 spiro atoms. The van der Waals surface area contributed by atoms with Crippen LogP contribution in [-0.2, 0) is 9.59 Å². The summed E-state index contributed by atoms with van der Waals surface area (Å²) in [6, 6.07) is 0. The Morgan fingerprint density at radius 3 is 2.04 bits per heavy atom. The minimum atomic E-state index is -0.845. The molecule has 1 atom stereocenters. The molecule has 0 bridgehead atoms. The molecule has 24 heavy (non-hydrogen) atoms. The Morgan fingerprint density at radius 2 is 1.46 bits per heavy atom. The molecular formula is C20H32O4. The quantitative estimate of drug-likeness (QED) is 0.429.